The van der Waals surface area contributed by atoms with Gasteiger partial charge in [0, 0.05) is 56.6 Å². The van der Waals surface area contributed by atoms with Gasteiger partial charge in [-0.15, -0.1) is 0 Å². The predicted molar refractivity (Wildman–Crippen MR) is 152 cm³/mol. The summed E-state index contributed by atoms with van der Waals surface area (Å²) >= 11 is 0. The molecule has 0 spiro atoms. The van der Waals surface area contributed by atoms with Gasteiger partial charge in [0.15, 0.2) is 0 Å². The van der Waals surface area contributed by atoms with E-state index in [2.05, 4.69) is 62.7 Å². The van der Waals surface area contributed by atoms with E-state index < -0.39 is 0 Å². The predicted octanol–water partition coefficient (Wildman–Crippen LogP) is 3.49. The Hall–Kier alpha value is -3.40. The van der Waals surface area contributed by atoms with Crippen molar-refractivity contribution in [3.63, 3.8) is 0 Å². The number of benzene rings is 2. The van der Waals surface area contributed by atoms with Crippen LogP contribution in [0.4, 0.5) is 11.4 Å². The first kappa shape index (κ1) is 27.2. The first-order chi connectivity index (χ1) is 19.1. The highest BCUT2D eigenvalue weighted by Gasteiger charge is 2.17. The SMILES string of the molecule is CCn1cc(NC(=O)CN2CCOCCOc3ccc(N4CCOCC4)cc3Cc3cccc(c3)C2)c(C)n1. The van der Waals surface area contributed by atoms with Crippen LogP contribution in [0.25, 0.3) is 0 Å². The molecule has 1 N–H and O–H groups in total. The lowest BCUT2D eigenvalue weighted by molar-refractivity contribution is -0.117. The lowest BCUT2D eigenvalue weighted by Gasteiger charge is -2.29. The maximum absolute atomic E-state index is 13.0. The lowest BCUT2D eigenvalue weighted by Crippen LogP contribution is -2.36. The van der Waals surface area contributed by atoms with Crippen molar-refractivity contribution in [1.82, 2.24) is 14.7 Å². The van der Waals surface area contributed by atoms with E-state index in [0.29, 0.717) is 32.9 Å². The minimum Gasteiger partial charge on any atom is -0.491 e. The van der Waals surface area contributed by atoms with Gasteiger partial charge in [0.25, 0.3) is 0 Å². The Kier molecular flexibility index (Phi) is 9.13. The van der Waals surface area contributed by atoms with Crippen LogP contribution in [-0.4, -0.2) is 79.8 Å². The van der Waals surface area contributed by atoms with Crippen molar-refractivity contribution in [2.45, 2.75) is 33.4 Å². The van der Waals surface area contributed by atoms with Crippen molar-refractivity contribution >= 4 is 17.3 Å². The van der Waals surface area contributed by atoms with Gasteiger partial charge in [-0.25, -0.2) is 0 Å². The fraction of sp³-hybridized carbons (Fsp3) is 0.467. The van der Waals surface area contributed by atoms with Crippen LogP contribution in [-0.2, 0) is 33.8 Å². The number of morpholine rings is 1. The topological polar surface area (TPSA) is 81.1 Å². The standard InChI is InChI=1S/C30H39N5O4/c1-3-35-21-28(23(2)32-35)31-30(36)22-33-9-12-38-15-16-39-29-8-7-27(34-10-13-37-14-11-34)19-26(29)18-24-5-4-6-25(17-24)20-33/h4-8,17,19,21H,3,9-16,18,20,22H2,1-2H3,(H,31,36). The number of amides is 1. The summed E-state index contributed by atoms with van der Waals surface area (Å²) in [6.45, 7) is 11.1. The Morgan fingerprint density at radius 2 is 1.77 bits per heavy atom. The number of ether oxygens (including phenoxy) is 3. The number of aryl methyl sites for hydroxylation is 2. The third kappa shape index (κ3) is 7.38. The molecule has 2 aliphatic heterocycles. The average Bonchev–Trinajstić information content (AvgIpc) is 3.30. The van der Waals surface area contributed by atoms with Gasteiger partial charge in [-0.1, -0.05) is 24.3 Å². The van der Waals surface area contributed by atoms with Crippen LogP contribution in [0.3, 0.4) is 0 Å². The zero-order valence-corrected chi connectivity index (χ0v) is 23.0. The number of nitrogens with one attached hydrogen (secondary N) is 1. The molecule has 3 aromatic rings. The van der Waals surface area contributed by atoms with Crippen molar-refractivity contribution < 1.29 is 19.0 Å². The normalized spacial score (nSPS) is 17.1. The second-order valence-electron chi connectivity index (χ2n) is 10.1. The van der Waals surface area contributed by atoms with Crippen LogP contribution in [0.15, 0.2) is 48.7 Å². The summed E-state index contributed by atoms with van der Waals surface area (Å²) in [5.74, 6) is 0.844. The molecule has 39 heavy (non-hydrogen) atoms. The minimum atomic E-state index is -0.0565. The largest absolute Gasteiger partial charge is 0.491 e. The van der Waals surface area contributed by atoms with E-state index in [0.717, 1.165) is 62.0 Å². The quantitative estimate of drug-likeness (QED) is 0.538. The van der Waals surface area contributed by atoms with E-state index >= 15 is 0 Å². The average molecular weight is 534 g/mol. The first-order valence-corrected chi connectivity index (χ1v) is 13.9. The molecule has 3 heterocycles. The number of rotatable bonds is 5. The zero-order valence-electron chi connectivity index (χ0n) is 23.0. The first-order valence-electron chi connectivity index (χ1n) is 13.9. The molecule has 5 rings (SSSR count). The molecule has 0 unspecified atom stereocenters. The molecule has 0 radical (unpaired) electrons. The summed E-state index contributed by atoms with van der Waals surface area (Å²) in [4.78, 5) is 17.5. The summed E-state index contributed by atoms with van der Waals surface area (Å²) in [6.07, 6.45) is 2.65. The number of hydrogen-bond donors (Lipinski definition) is 1. The van der Waals surface area contributed by atoms with Crippen LogP contribution in [0.5, 0.6) is 5.75 Å². The molecule has 9 heteroatoms. The molecule has 9 nitrogen and oxygen atoms in total. The highest BCUT2D eigenvalue weighted by atomic mass is 16.5. The van der Waals surface area contributed by atoms with Gasteiger partial charge in [-0.3, -0.25) is 14.4 Å². The molecule has 1 aromatic heterocycles. The van der Waals surface area contributed by atoms with Gasteiger partial charge in [0.1, 0.15) is 12.4 Å². The monoisotopic (exact) mass is 533 g/mol. The fourth-order valence-electron chi connectivity index (χ4n) is 5.09. The van der Waals surface area contributed by atoms with E-state index in [-0.39, 0.29) is 12.5 Å². The number of carbonyl (C=O) groups excluding carboxylic acids is 1. The number of fused-ring (bicyclic) bond motifs is 3. The molecule has 2 bridgehead atoms. The van der Waals surface area contributed by atoms with E-state index in [9.17, 15) is 4.79 Å². The molecule has 1 saturated heterocycles. The summed E-state index contributed by atoms with van der Waals surface area (Å²) in [5, 5.41) is 7.46. The fourth-order valence-corrected chi connectivity index (χ4v) is 5.09. The molecular weight excluding hydrogens is 494 g/mol. The smallest absolute Gasteiger partial charge is 0.238 e. The second-order valence-corrected chi connectivity index (χ2v) is 10.1. The molecule has 208 valence electrons. The Balaban J connectivity index is 1.32. The van der Waals surface area contributed by atoms with Gasteiger partial charge in [-0.05, 0) is 43.2 Å². The number of carbonyl (C=O) groups is 1. The summed E-state index contributed by atoms with van der Waals surface area (Å²) in [6, 6.07) is 15.1. The van der Waals surface area contributed by atoms with Gasteiger partial charge in [-0.2, -0.15) is 5.10 Å². The third-order valence-corrected chi connectivity index (χ3v) is 7.16. The van der Waals surface area contributed by atoms with E-state index in [4.69, 9.17) is 14.2 Å². The third-order valence-electron chi connectivity index (χ3n) is 7.16. The highest BCUT2D eigenvalue weighted by molar-refractivity contribution is 5.92. The van der Waals surface area contributed by atoms with E-state index in [1.165, 1.54) is 16.8 Å². The van der Waals surface area contributed by atoms with E-state index in [1.54, 1.807) is 0 Å². The number of hydrogen-bond acceptors (Lipinski definition) is 7. The molecule has 0 atom stereocenters. The minimum absolute atomic E-state index is 0.0565. The molecule has 1 fully saturated rings. The number of nitrogens with zero attached hydrogens (tertiary/aromatic N) is 4. The van der Waals surface area contributed by atoms with E-state index in [1.807, 2.05) is 24.7 Å². The number of anilines is 2. The Morgan fingerprint density at radius 3 is 2.59 bits per heavy atom. The van der Waals surface area contributed by atoms with Crippen molar-refractivity contribution in [2.24, 2.45) is 0 Å². The second kappa shape index (κ2) is 13.1. The number of aromatic nitrogens is 2. The van der Waals surface area contributed by atoms with Crippen LogP contribution >= 0.6 is 0 Å². The van der Waals surface area contributed by atoms with Gasteiger partial charge < -0.3 is 24.4 Å². The van der Waals surface area contributed by atoms with Crippen LogP contribution < -0.4 is 15.0 Å². The Bertz CT molecular complexity index is 1250. The zero-order chi connectivity index (χ0) is 27.0. The molecule has 2 aliphatic rings. The molecule has 0 saturated carbocycles. The van der Waals surface area contributed by atoms with Crippen LogP contribution in [0.2, 0.25) is 0 Å². The highest BCUT2D eigenvalue weighted by Crippen LogP contribution is 2.28. The summed E-state index contributed by atoms with van der Waals surface area (Å²) in [7, 11) is 0. The van der Waals surface area contributed by atoms with Crippen LogP contribution in [0.1, 0.15) is 29.3 Å². The van der Waals surface area contributed by atoms with Crippen LogP contribution in [0, 0.1) is 6.92 Å². The Morgan fingerprint density at radius 1 is 0.974 bits per heavy atom. The maximum Gasteiger partial charge on any atom is 0.238 e. The van der Waals surface area contributed by atoms with Gasteiger partial charge in [0.05, 0.1) is 44.4 Å². The molecule has 2 aromatic carbocycles. The Labute approximate surface area is 230 Å². The molecule has 1 amide bonds. The maximum atomic E-state index is 13.0. The molecular formula is C30H39N5O4. The van der Waals surface area contributed by atoms with Crippen molar-refractivity contribution in [3.05, 3.63) is 71.0 Å². The van der Waals surface area contributed by atoms with Crippen molar-refractivity contribution in [1.29, 1.82) is 0 Å². The summed E-state index contributed by atoms with van der Waals surface area (Å²) < 4.78 is 19.4. The van der Waals surface area contributed by atoms with Gasteiger partial charge >= 0.3 is 0 Å². The summed E-state index contributed by atoms with van der Waals surface area (Å²) in [5.41, 5.74) is 6.32. The van der Waals surface area contributed by atoms with Gasteiger partial charge in [0.2, 0.25) is 5.91 Å². The van der Waals surface area contributed by atoms with Crippen molar-refractivity contribution in [3.8, 4) is 5.75 Å². The molecule has 0 aliphatic carbocycles. The van der Waals surface area contributed by atoms with Crippen molar-refractivity contribution in [2.75, 3.05) is 69.4 Å². The lowest BCUT2D eigenvalue weighted by atomic mass is 10.0.